The van der Waals surface area contributed by atoms with E-state index in [-0.39, 0.29) is 22.2 Å². The van der Waals surface area contributed by atoms with Crippen LogP contribution in [-0.4, -0.2) is 23.0 Å². The molecule has 1 unspecified atom stereocenters. The number of benzene rings is 5. The highest BCUT2D eigenvalue weighted by atomic mass is 35.5. The molecule has 1 aliphatic heterocycles. The van der Waals surface area contributed by atoms with Gasteiger partial charge in [0.1, 0.15) is 11.5 Å². The van der Waals surface area contributed by atoms with Crippen molar-refractivity contribution in [3.8, 4) is 0 Å². The molecular formula is C38H29ClFN3O3S2. The van der Waals surface area contributed by atoms with Gasteiger partial charge in [-0.25, -0.2) is 4.39 Å². The molecule has 5 aromatic rings. The molecular weight excluding hydrogens is 665 g/mol. The van der Waals surface area contributed by atoms with Crippen molar-refractivity contribution < 1.29 is 18.8 Å². The molecule has 0 saturated carbocycles. The third-order valence-electron chi connectivity index (χ3n) is 7.49. The average Bonchev–Trinajstić information content (AvgIpc) is 3.10. The summed E-state index contributed by atoms with van der Waals surface area (Å²) in [5.41, 5.74) is 2.21. The van der Waals surface area contributed by atoms with E-state index in [0.29, 0.717) is 17.7 Å². The summed E-state index contributed by atoms with van der Waals surface area (Å²) < 4.78 is 14.7. The molecule has 0 fully saturated rings. The number of fused-ring (bicyclic) bond motifs is 2. The first kappa shape index (κ1) is 33.1. The molecule has 1 atom stereocenters. The zero-order valence-corrected chi connectivity index (χ0v) is 28.0. The maximum atomic E-state index is 14.7. The monoisotopic (exact) mass is 693 g/mol. The van der Waals surface area contributed by atoms with Gasteiger partial charge in [0.2, 0.25) is 5.91 Å². The van der Waals surface area contributed by atoms with Crippen LogP contribution >= 0.6 is 35.1 Å². The van der Waals surface area contributed by atoms with Gasteiger partial charge in [0, 0.05) is 31.5 Å². The Hall–Kier alpha value is -4.83. The molecule has 1 aliphatic rings. The number of carbonyl (C=O) groups is 3. The minimum absolute atomic E-state index is 0.0365. The highest BCUT2D eigenvalue weighted by Gasteiger charge is 2.32. The average molecular weight is 694 g/mol. The minimum atomic E-state index is -0.678. The molecule has 0 spiro atoms. The number of para-hydroxylation sites is 2. The van der Waals surface area contributed by atoms with Crippen molar-refractivity contribution in [2.75, 3.05) is 10.2 Å². The Morgan fingerprint density at radius 2 is 1.50 bits per heavy atom. The first-order chi connectivity index (χ1) is 23.3. The predicted octanol–water partition coefficient (Wildman–Crippen LogP) is 9.59. The molecule has 2 N–H and O–H groups in total. The Bertz CT molecular complexity index is 1970. The lowest BCUT2D eigenvalue weighted by Crippen LogP contribution is -2.35. The quantitative estimate of drug-likeness (QED) is 0.119. The van der Waals surface area contributed by atoms with Gasteiger partial charge in [-0.05, 0) is 79.2 Å². The van der Waals surface area contributed by atoms with Crippen LogP contribution in [0.5, 0.6) is 0 Å². The van der Waals surface area contributed by atoms with E-state index in [0.717, 1.165) is 26.1 Å². The Balaban J connectivity index is 1.24. The summed E-state index contributed by atoms with van der Waals surface area (Å²) in [5, 5.41) is 5.07. The normalized spacial score (nSPS) is 12.8. The number of amides is 3. The Morgan fingerprint density at radius 3 is 2.17 bits per heavy atom. The number of thioether (sulfide) groups is 1. The van der Waals surface area contributed by atoms with Crippen LogP contribution in [0.3, 0.4) is 0 Å². The second kappa shape index (κ2) is 14.9. The van der Waals surface area contributed by atoms with E-state index in [1.54, 1.807) is 65.2 Å². The van der Waals surface area contributed by atoms with E-state index in [1.807, 2.05) is 61.5 Å². The summed E-state index contributed by atoms with van der Waals surface area (Å²) in [6, 6.07) is 35.4. The lowest BCUT2D eigenvalue weighted by atomic mass is 10.1. The van der Waals surface area contributed by atoms with Gasteiger partial charge in [-0.15, -0.1) is 11.8 Å². The van der Waals surface area contributed by atoms with Crippen molar-refractivity contribution in [2.45, 2.75) is 33.3 Å². The molecule has 0 saturated heterocycles. The van der Waals surface area contributed by atoms with E-state index >= 15 is 0 Å². The molecule has 10 heteroatoms. The maximum Gasteiger partial charge on any atom is 0.272 e. The Morgan fingerprint density at radius 1 is 0.854 bits per heavy atom. The lowest BCUT2D eigenvalue weighted by Gasteiger charge is -2.33. The summed E-state index contributed by atoms with van der Waals surface area (Å²) >= 11 is 9.29. The smallest absolute Gasteiger partial charge is 0.272 e. The fourth-order valence-corrected chi connectivity index (χ4v) is 7.47. The van der Waals surface area contributed by atoms with Gasteiger partial charge in [0.15, 0.2) is 0 Å². The third kappa shape index (κ3) is 7.33. The first-order valence-corrected chi connectivity index (χ1v) is 17.2. The van der Waals surface area contributed by atoms with Crippen LogP contribution in [0, 0.1) is 5.82 Å². The zero-order chi connectivity index (χ0) is 33.6. The van der Waals surface area contributed by atoms with E-state index in [2.05, 4.69) is 10.6 Å². The van der Waals surface area contributed by atoms with Crippen molar-refractivity contribution in [1.82, 2.24) is 5.32 Å². The van der Waals surface area contributed by atoms with Gasteiger partial charge in [-0.3, -0.25) is 19.3 Å². The van der Waals surface area contributed by atoms with Crippen LogP contribution in [0.2, 0.25) is 5.02 Å². The van der Waals surface area contributed by atoms with Crippen LogP contribution in [0.25, 0.3) is 6.08 Å². The lowest BCUT2D eigenvalue weighted by molar-refractivity contribution is -0.117. The largest absolute Gasteiger partial charge is 0.321 e. The summed E-state index contributed by atoms with van der Waals surface area (Å²) in [7, 11) is 0. The van der Waals surface area contributed by atoms with E-state index in [4.69, 9.17) is 11.6 Å². The number of nitrogens with one attached hydrogen (secondary N) is 2. The van der Waals surface area contributed by atoms with Crippen LogP contribution in [0.1, 0.15) is 29.3 Å². The Labute approximate surface area is 291 Å². The maximum absolute atomic E-state index is 14.7. The SMILES string of the molecule is CCC(Sc1cccc(NC(=O)/C(=C/c2c(F)cccc2Cl)NC(=O)c2ccccc2)c1)C(=O)N1c2ccccc2Sc2ccccc21. The number of halogens is 2. The second-order valence-corrected chi connectivity index (χ2v) is 13.5. The molecule has 6 nitrogen and oxygen atoms in total. The van der Waals surface area contributed by atoms with Crippen molar-refractivity contribution in [2.24, 2.45) is 0 Å². The van der Waals surface area contributed by atoms with Gasteiger partial charge in [0.05, 0.1) is 21.6 Å². The highest BCUT2D eigenvalue weighted by Crippen LogP contribution is 2.49. The van der Waals surface area contributed by atoms with Gasteiger partial charge in [0.25, 0.3) is 11.8 Å². The van der Waals surface area contributed by atoms with Crippen LogP contribution < -0.4 is 15.5 Å². The molecule has 240 valence electrons. The molecule has 3 amide bonds. The van der Waals surface area contributed by atoms with E-state index in [9.17, 15) is 18.8 Å². The number of nitrogens with zero attached hydrogens (tertiary/aromatic N) is 1. The Kier molecular flexibility index (Phi) is 10.3. The molecule has 0 radical (unpaired) electrons. The zero-order valence-electron chi connectivity index (χ0n) is 25.7. The van der Waals surface area contributed by atoms with Crippen molar-refractivity contribution in [1.29, 1.82) is 0 Å². The molecule has 48 heavy (non-hydrogen) atoms. The van der Waals surface area contributed by atoms with Crippen molar-refractivity contribution >= 4 is 76.0 Å². The molecule has 1 heterocycles. The summed E-state index contributed by atoms with van der Waals surface area (Å²) in [6.07, 6.45) is 1.78. The third-order valence-corrected chi connectivity index (χ3v) is 10.3. The van der Waals surface area contributed by atoms with Crippen molar-refractivity contribution in [3.05, 3.63) is 149 Å². The van der Waals surface area contributed by atoms with Gasteiger partial charge >= 0.3 is 0 Å². The number of hydrogen-bond acceptors (Lipinski definition) is 5. The minimum Gasteiger partial charge on any atom is -0.321 e. The topological polar surface area (TPSA) is 78.5 Å². The van der Waals surface area contributed by atoms with Gasteiger partial charge in [-0.2, -0.15) is 0 Å². The second-order valence-electron chi connectivity index (χ2n) is 10.7. The van der Waals surface area contributed by atoms with Crippen LogP contribution in [-0.2, 0) is 9.59 Å². The van der Waals surface area contributed by atoms with E-state index < -0.39 is 22.9 Å². The standard InChI is InChI=1S/C38H29ClFN3O3S2/c1-2-33(38(46)43-31-18-6-8-20-34(31)48-35-21-9-7-19-32(35)43)47-26-15-10-14-25(22-26)41-37(45)30(23-27-28(39)16-11-17-29(27)40)42-36(44)24-12-4-3-5-13-24/h3-23,33H,2H2,1H3,(H,41,45)(H,42,44)/b30-23-. The predicted molar refractivity (Wildman–Crippen MR) is 192 cm³/mol. The summed E-state index contributed by atoms with van der Waals surface area (Å²) in [6.45, 7) is 1.97. The number of anilines is 3. The fraction of sp³-hybridized carbons (Fsp3) is 0.0789. The fourth-order valence-electron chi connectivity index (χ4n) is 5.14. The van der Waals surface area contributed by atoms with Crippen molar-refractivity contribution in [3.63, 3.8) is 0 Å². The summed E-state index contributed by atoms with van der Waals surface area (Å²) in [5.74, 6) is -1.92. The number of carbonyl (C=O) groups excluding carboxylic acids is 3. The molecule has 6 rings (SSSR count). The van der Waals surface area contributed by atoms with Gasteiger partial charge in [-0.1, -0.05) is 84.9 Å². The molecule has 0 aromatic heterocycles. The summed E-state index contributed by atoms with van der Waals surface area (Å²) in [4.78, 5) is 45.4. The number of hydrogen-bond donors (Lipinski definition) is 2. The first-order valence-electron chi connectivity index (χ1n) is 15.1. The van der Waals surface area contributed by atoms with Crippen LogP contribution in [0.15, 0.2) is 142 Å². The number of rotatable bonds is 9. The molecule has 5 aromatic carbocycles. The van der Waals surface area contributed by atoms with E-state index in [1.165, 1.54) is 36.0 Å². The van der Waals surface area contributed by atoms with Crippen LogP contribution in [0.4, 0.5) is 21.5 Å². The van der Waals surface area contributed by atoms with Gasteiger partial charge < -0.3 is 10.6 Å². The molecule has 0 bridgehead atoms. The molecule has 0 aliphatic carbocycles. The highest BCUT2D eigenvalue weighted by molar-refractivity contribution is 8.00.